The highest BCUT2D eigenvalue weighted by Crippen LogP contribution is 2.76. The van der Waals surface area contributed by atoms with E-state index in [0.717, 1.165) is 37.7 Å². The number of carbonyl (C=O) groups excluding carboxylic acids is 3. The molecule has 5 aliphatic carbocycles. The van der Waals surface area contributed by atoms with Crippen LogP contribution in [0.25, 0.3) is 0 Å². The highest BCUT2D eigenvalue weighted by Gasteiger charge is 2.72. The molecule has 10 fully saturated rings. The van der Waals surface area contributed by atoms with E-state index in [1.54, 1.807) is 0 Å². The summed E-state index contributed by atoms with van der Waals surface area (Å²) in [5, 5.41) is 184. The van der Waals surface area contributed by atoms with Crippen LogP contribution in [-0.4, -0.2) is 323 Å². The van der Waals surface area contributed by atoms with Gasteiger partial charge < -0.3 is 148 Å². The van der Waals surface area contributed by atoms with Gasteiger partial charge in [0, 0.05) is 31.3 Å². The molecule has 33 nitrogen and oxygen atoms in total. The Morgan fingerprint density at radius 2 is 1.09 bits per heavy atom. The second-order valence-corrected chi connectivity index (χ2v) is 35.8. The maximum absolute atomic E-state index is 16.2. The number of rotatable bonds is 31. The number of ketones is 1. The molecule has 638 valence electrons. The van der Waals surface area contributed by atoms with E-state index in [9.17, 15) is 96.4 Å². The fraction of sp³-hybridized carbons (Fsp3) is 0.936. The first-order chi connectivity index (χ1) is 52.5. The van der Waals surface area contributed by atoms with Crippen molar-refractivity contribution in [1.29, 1.82) is 0 Å². The third-order valence-electron chi connectivity index (χ3n) is 28.0. The Balaban J connectivity index is 0.793. The molecule has 0 radical (unpaired) electrons. The summed E-state index contributed by atoms with van der Waals surface area (Å²) in [5.74, 6) is -2.07. The Bertz CT molecular complexity index is 3090. The first-order valence-electron chi connectivity index (χ1n) is 40.5. The number of unbranched alkanes of at least 4 members (excludes halogenated alkanes) is 8. The van der Waals surface area contributed by atoms with E-state index in [0.29, 0.717) is 103 Å². The van der Waals surface area contributed by atoms with Crippen molar-refractivity contribution in [3.8, 4) is 0 Å². The Kier molecular flexibility index (Phi) is 29.2. The molecule has 11 rings (SSSR count). The molecular formula is C78H128O33. The van der Waals surface area contributed by atoms with Crippen molar-refractivity contribution in [1.82, 2.24) is 0 Å². The summed E-state index contributed by atoms with van der Waals surface area (Å²) in [6, 6.07) is 0. The van der Waals surface area contributed by atoms with Gasteiger partial charge in [-0.15, -0.1) is 0 Å². The van der Waals surface area contributed by atoms with Gasteiger partial charge in [0.15, 0.2) is 43.7 Å². The lowest BCUT2D eigenvalue weighted by molar-refractivity contribution is -0.376. The maximum atomic E-state index is 16.2. The quantitative estimate of drug-likeness (QED) is 0.0177. The third kappa shape index (κ3) is 17.9. The lowest BCUT2D eigenvalue weighted by atomic mass is 9.33. The van der Waals surface area contributed by atoms with E-state index in [1.807, 2.05) is 6.92 Å². The van der Waals surface area contributed by atoms with Gasteiger partial charge in [0.25, 0.3) is 0 Å². The first-order valence-corrected chi connectivity index (χ1v) is 40.5. The largest absolute Gasteiger partial charge is 0.457 e. The van der Waals surface area contributed by atoms with Crippen LogP contribution in [0.15, 0.2) is 11.6 Å². The maximum Gasteiger partial charge on any atom is 0.315 e. The fourth-order valence-corrected chi connectivity index (χ4v) is 20.9. The molecule has 17 N–H and O–H groups in total. The van der Waals surface area contributed by atoms with E-state index in [2.05, 4.69) is 40.7 Å². The molecule has 0 unspecified atom stereocenters. The van der Waals surface area contributed by atoms with Crippen molar-refractivity contribution >= 4 is 17.7 Å². The average molecular weight is 1590 g/mol. The van der Waals surface area contributed by atoms with Crippen LogP contribution in [0.3, 0.4) is 0 Å². The smallest absolute Gasteiger partial charge is 0.315 e. The second kappa shape index (κ2) is 36.4. The van der Waals surface area contributed by atoms with Gasteiger partial charge >= 0.3 is 11.9 Å². The number of hydrogen-bond donors (Lipinski definition) is 17. The van der Waals surface area contributed by atoms with Crippen LogP contribution < -0.4 is 0 Å². The third-order valence-corrected chi connectivity index (χ3v) is 28.0. The van der Waals surface area contributed by atoms with Gasteiger partial charge in [-0.1, -0.05) is 91.7 Å². The van der Waals surface area contributed by atoms with E-state index in [-0.39, 0.29) is 42.5 Å². The summed E-state index contributed by atoms with van der Waals surface area (Å²) in [4.78, 5) is 43.2. The minimum Gasteiger partial charge on any atom is -0.457 e. The predicted octanol–water partition coefficient (Wildman–Crippen LogP) is -0.674. The van der Waals surface area contributed by atoms with Crippen molar-refractivity contribution in [2.45, 2.75) is 355 Å². The zero-order valence-corrected chi connectivity index (χ0v) is 65.2. The molecule has 111 heavy (non-hydrogen) atoms. The molecule has 0 aromatic heterocycles. The van der Waals surface area contributed by atoms with Crippen LogP contribution in [0.1, 0.15) is 190 Å². The van der Waals surface area contributed by atoms with Crippen LogP contribution in [0, 0.1) is 50.2 Å². The van der Waals surface area contributed by atoms with E-state index >= 15 is 4.79 Å². The minimum atomic E-state index is -2.25. The summed E-state index contributed by atoms with van der Waals surface area (Å²) in [6.45, 7) is 10.8. The number of aliphatic hydroxyl groups excluding tert-OH is 16. The number of Topliss-reactive ketones (excluding diaryl/α,β-unsaturated/α-hetero) is 1. The number of carbonyl (C=O) groups is 3. The Labute approximate surface area is 648 Å². The molecule has 0 aromatic carbocycles. The molecule has 0 aromatic rings. The zero-order chi connectivity index (χ0) is 80.7. The summed E-state index contributed by atoms with van der Waals surface area (Å²) in [6.07, 6.45) is -26.4. The second-order valence-electron chi connectivity index (χ2n) is 35.8. The van der Waals surface area contributed by atoms with Crippen LogP contribution in [-0.2, 0) is 76.0 Å². The van der Waals surface area contributed by atoms with Gasteiger partial charge in [-0.2, -0.15) is 0 Å². The molecule has 6 heterocycles. The summed E-state index contributed by atoms with van der Waals surface area (Å²) in [5.41, 5.74) is -5.47. The molecular weight excluding hydrogens is 1460 g/mol. The van der Waals surface area contributed by atoms with Crippen molar-refractivity contribution in [3.05, 3.63) is 11.6 Å². The number of allylic oxidation sites excluding steroid dienone is 2. The summed E-state index contributed by atoms with van der Waals surface area (Å²) < 4.78 is 79.0. The van der Waals surface area contributed by atoms with E-state index in [4.69, 9.17) is 61.6 Å². The van der Waals surface area contributed by atoms with E-state index in [1.165, 1.54) is 6.92 Å². The van der Waals surface area contributed by atoms with Gasteiger partial charge in [0.2, 0.25) is 6.29 Å². The Morgan fingerprint density at radius 1 is 0.514 bits per heavy atom. The SMILES string of the molecule is C[C@@H]1O[C@@H](O[C@H]2[C@H](OC(=O)[C@]34CCC(C)(C)C[C@H]3C3=CC[C@@H]5[C@@]6(C)C[C@H](O)[C@H](O[C@@H]7O[C@H](CO)[C@@H](O)[C@H](O)[C@H]7O)[C@@](C)(CO)[C@@H]6CC[C@@]5(C)[C@]3(C)CC4)OC[C@H](OC(=O)CCCCCCC(=O)CCCCCCCCO[C@@H]3OC[C@@H](O)[C@H](O)[C@H]3O)[C@@H]2O[C@@H]2OC[C@](O)(CO)[C@H]2O)[C@H](O)[C@H](O)[C@H]1O[C@@H]1OC[C@@H](O)[C@H](O)[C@H]1O. The molecule has 0 amide bonds. The molecule has 11 aliphatic rings. The Hall–Kier alpha value is -2.77. The summed E-state index contributed by atoms with van der Waals surface area (Å²) >= 11 is 0. The van der Waals surface area contributed by atoms with Crippen molar-refractivity contribution < 1.29 is 163 Å². The molecule has 0 spiro atoms. The van der Waals surface area contributed by atoms with Gasteiger partial charge in [0.05, 0.1) is 70.0 Å². The summed E-state index contributed by atoms with van der Waals surface area (Å²) in [7, 11) is 0. The first kappa shape index (κ1) is 89.0. The molecule has 35 atom stereocenters. The molecule has 33 heteroatoms. The fourth-order valence-electron chi connectivity index (χ4n) is 20.9. The van der Waals surface area contributed by atoms with Gasteiger partial charge in [-0.3, -0.25) is 14.4 Å². The zero-order valence-electron chi connectivity index (χ0n) is 65.2. The van der Waals surface area contributed by atoms with Crippen molar-refractivity contribution in [3.63, 3.8) is 0 Å². The van der Waals surface area contributed by atoms with Crippen LogP contribution in [0.5, 0.6) is 0 Å². The monoisotopic (exact) mass is 1590 g/mol. The van der Waals surface area contributed by atoms with Gasteiger partial charge in [-0.05, 0) is 130 Å². The molecule has 6 aliphatic heterocycles. The lowest BCUT2D eigenvalue weighted by Crippen LogP contribution is -2.69. The predicted molar refractivity (Wildman–Crippen MR) is 381 cm³/mol. The minimum absolute atomic E-state index is 0.0936. The molecule has 0 bridgehead atoms. The number of esters is 2. The van der Waals surface area contributed by atoms with Crippen LogP contribution in [0.4, 0.5) is 0 Å². The standard InChI is InChI=1S/C78H128O33/c1-39-60(107-66-57(93)52(88)45(85)34-101-66)55(91)59(95)67(104-39)109-62-61(108-70-63(96)78(98,37-81)38-103-70)47(105-50(86)20-16-12-11-15-19-40(82)18-14-10-8-9-13-17-29-99-65-56(92)51(87)44(84)33-100-65)35-102-69(62)111-71(97)77-27-25-72(2,3)30-42(77)41-21-22-49-73(4)31-43(83)64(110-68-58(94)54(90)53(89)46(32-79)106-68)74(5,36-80)48(73)23-24-76(49,7)75(41,6)26-28-77/h21,39,42-49,51-70,79-81,83-85,87-96,98H,8-20,22-38H2,1-7H3/t39-,42-,43-,44+,45+,46+,47-,48+,49+,51-,52-,53+,54-,55-,56+,57+,58+,59+,60-,61-,62+,63-,64-,65+,66-,67-,68-,69-,70-,73-,74-,75+,76+,77-,78+/m0/s1. The van der Waals surface area contributed by atoms with E-state index < -0.39 is 250 Å². The highest BCUT2D eigenvalue weighted by molar-refractivity contribution is 5.79. The lowest BCUT2D eigenvalue weighted by Gasteiger charge is -2.72. The van der Waals surface area contributed by atoms with Crippen molar-refractivity contribution in [2.75, 3.05) is 52.9 Å². The van der Waals surface area contributed by atoms with Crippen molar-refractivity contribution in [2.24, 2.45) is 50.2 Å². The normalized spacial score (nSPS) is 47.7. The topological polar surface area (TPSA) is 515 Å². The number of hydrogen-bond acceptors (Lipinski definition) is 33. The van der Waals surface area contributed by atoms with Crippen LogP contribution >= 0.6 is 0 Å². The Morgan fingerprint density at radius 3 is 1.74 bits per heavy atom. The average Bonchev–Trinajstić information content (AvgIpc) is 0.878. The van der Waals surface area contributed by atoms with Crippen LogP contribution in [0.2, 0.25) is 0 Å². The van der Waals surface area contributed by atoms with Gasteiger partial charge in [0.1, 0.15) is 103 Å². The number of ether oxygens (including phenoxy) is 13. The number of aliphatic hydroxyl groups is 17. The number of fused-ring (bicyclic) bond motifs is 7. The molecule has 4 saturated carbocycles. The highest BCUT2D eigenvalue weighted by atomic mass is 16.8. The molecule has 6 saturated heterocycles. The van der Waals surface area contributed by atoms with Gasteiger partial charge in [-0.25, -0.2) is 0 Å².